The molecule has 4 rings (SSSR count). The minimum Gasteiger partial charge on any atom is -0.480 e. The van der Waals surface area contributed by atoms with Crippen LogP contribution in [-0.4, -0.2) is 36.2 Å². The number of ether oxygens (including phenoxy) is 2. The van der Waals surface area contributed by atoms with Crippen LogP contribution in [0.1, 0.15) is 27.3 Å². The van der Waals surface area contributed by atoms with Gasteiger partial charge in [0.25, 0.3) is 5.91 Å². The first-order chi connectivity index (χ1) is 13.1. The maximum Gasteiger partial charge on any atom is 0.339 e. The molecule has 150 valence electrons. The van der Waals surface area contributed by atoms with E-state index in [0.29, 0.717) is 30.0 Å². The van der Waals surface area contributed by atoms with E-state index < -0.39 is 12.1 Å². The number of aromatic nitrogens is 1. The van der Waals surface area contributed by atoms with Gasteiger partial charge in [0.05, 0.1) is 19.2 Å². The lowest BCUT2D eigenvalue weighted by Crippen LogP contribution is -2.38. The Morgan fingerprint density at radius 3 is 3.00 bits per heavy atom. The zero-order chi connectivity index (χ0) is 19.0. The van der Waals surface area contributed by atoms with E-state index in [2.05, 4.69) is 10.6 Å². The highest BCUT2D eigenvalue weighted by Gasteiger charge is 2.31. The fourth-order valence-electron chi connectivity index (χ4n) is 3.61. The predicted molar refractivity (Wildman–Crippen MR) is 101 cm³/mol. The smallest absolute Gasteiger partial charge is 0.339 e. The number of hydrogen-bond acceptors (Lipinski definition) is 5. The molecule has 3 heterocycles. The molecule has 9 heteroatoms. The summed E-state index contributed by atoms with van der Waals surface area (Å²) in [6, 6.07) is 6.32. The lowest BCUT2D eigenvalue weighted by Gasteiger charge is -2.20. The van der Waals surface area contributed by atoms with Crippen LogP contribution < -0.4 is 15.4 Å². The van der Waals surface area contributed by atoms with Crippen molar-refractivity contribution in [2.75, 3.05) is 13.7 Å². The monoisotopic (exact) mass is 409 g/mol. The standard InChI is InChI=1S/C19H20FN3O4.ClH/c1-26-19(25)13-7-11(23-6-5-21-10-15(13)23)9-22-18(24)17-8-12-14(20)3-2-4-16(12)27-17;/h2-4,7,17,21H,5-6,8-10H2,1H3,(H,22,24);1H. The van der Waals surface area contributed by atoms with Gasteiger partial charge in [-0.3, -0.25) is 4.79 Å². The van der Waals surface area contributed by atoms with E-state index in [0.717, 1.165) is 17.9 Å². The highest BCUT2D eigenvalue weighted by atomic mass is 35.5. The highest BCUT2D eigenvalue weighted by molar-refractivity contribution is 5.91. The Kier molecular flexibility index (Phi) is 5.90. The zero-order valence-electron chi connectivity index (χ0n) is 15.3. The molecule has 2 aromatic rings. The normalized spacial score (nSPS) is 17.0. The first kappa shape index (κ1) is 20.2. The van der Waals surface area contributed by atoms with Gasteiger partial charge in [0.15, 0.2) is 6.10 Å². The molecule has 1 unspecified atom stereocenters. The first-order valence-corrected chi connectivity index (χ1v) is 8.80. The van der Waals surface area contributed by atoms with Crippen LogP contribution in [0, 0.1) is 5.82 Å². The van der Waals surface area contributed by atoms with E-state index in [1.54, 1.807) is 18.2 Å². The topological polar surface area (TPSA) is 81.6 Å². The molecule has 0 aliphatic carbocycles. The fourth-order valence-corrected chi connectivity index (χ4v) is 3.61. The number of amides is 1. The van der Waals surface area contributed by atoms with Gasteiger partial charge < -0.3 is 24.7 Å². The molecule has 2 aliphatic heterocycles. The molecule has 1 aromatic carbocycles. The van der Waals surface area contributed by atoms with Crippen molar-refractivity contribution in [1.82, 2.24) is 15.2 Å². The van der Waals surface area contributed by atoms with Crippen LogP contribution in [0.2, 0.25) is 0 Å². The Morgan fingerprint density at radius 2 is 2.25 bits per heavy atom. The number of methoxy groups -OCH3 is 1. The summed E-state index contributed by atoms with van der Waals surface area (Å²) < 4.78 is 26.3. The van der Waals surface area contributed by atoms with Crippen molar-refractivity contribution in [3.05, 3.63) is 52.6 Å². The molecule has 7 nitrogen and oxygen atoms in total. The molecule has 0 spiro atoms. The minimum absolute atomic E-state index is 0. The Morgan fingerprint density at radius 1 is 1.43 bits per heavy atom. The molecule has 1 atom stereocenters. The summed E-state index contributed by atoms with van der Waals surface area (Å²) in [4.78, 5) is 24.5. The Balaban J connectivity index is 0.00000225. The molecule has 1 amide bonds. The molecule has 0 fully saturated rings. The van der Waals surface area contributed by atoms with Crippen LogP contribution in [0.15, 0.2) is 24.3 Å². The third kappa shape index (κ3) is 3.57. The van der Waals surface area contributed by atoms with E-state index >= 15 is 0 Å². The van der Waals surface area contributed by atoms with Gasteiger partial charge in [0.2, 0.25) is 0 Å². The van der Waals surface area contributed by atoms with Crippen molar-refractivity contribution >= 4 is 24.3 Å². The van der Waals surface area contributed by atoms with Crippen LogP contribution in [0.5, 0.6) is 5.75 Å². The van der Waals surface area contributed by atoms with E-state index in [9.17, 15) is 14.0 Å². The van der Waals surface area contributed by atoms with Crippen molar-refractivity contribution in [1.29, 1.82) is 0 Å². The molecule has 0 saturated heterocycles. The summed E-state index contributed by atoms with van der Waals surface area (Å²) in [7, 11) is 1.35. The average Bonchev–Trinajstić information content (AvgIpc) is 3.28. The average molecular weight is 410 g/mol. The van der Waals surface area contributed by atoms with Gasteiger partial charge in [0.1, 0.15) is 11.6 Å². The number of fused-ring (bicyclic) bond motifs is 2. The van der Waals surface area contributed by atoms with Gasteiger partial charge in [-0.1, -0.05) is 6.07 Å². The maximum absolute atomic E-state index is 13.8. The van der Waals surface area contributed by atoms with Gasteiger partial charge in [-0.15, -0.1) is 12.4 Å². The summed E-state index contributed by atoms with van der Waals surface area (Å²) in [5.74, 6) is -0.660. The number of rotatable bonds is 4. The van der Waals surface area contributed by atoms with Gasteiger partial charge in [-0.05, 0) is 18.2 Å². The summed E-state index contributed by atoms with van der Waals surface area (Å²) in [5, 5.41) is 6.06. The summed E-state index contributed by atoms with van der Waals surface area (Å²) in [6.45, 7) is 2.30. The molecule has 2 N–H and O–H groups in total. The maximum atomic E-state index is 13.8. The molecule has 2 aliphatic rings. The van der Waals surface area contributed by atoms with Crippen molar-refractivity contribution in [3.63, 3.8) is 0 Å². The third-order valence-corrected chi connectivity index (χ3v) is 4.98. The van der Waals surface area contributed by atoms with Gasteiger partial charge in [-0.2, -0.15) is 0 Å². The van der Waals surface area contributed by atoms with Crippen molar-refractivity contribution < 1.29 is 23.5 Å². The van der Waals surface area contributed by atoms with Crippen LogP contribution in [-0.2, 0) is 35.6 Å². The van der Waals surface area contributed by atoms with Crippen LogP contribution >= 0.6 is 12.4 Å². The summed E-state index contributed by atoms with van der Waals surface area (Å²) in [5.41, 5.74) is 2.60. The predicted octanol–water partition coefficient (Wildman–Crippen LogP) is 1.56. The third-order valence-electron chi connectivity index (χ3n) is 4.98. The first-order valence-electron chi connectivity index (χ1n) is 8.80. The number of halogens is 2. The Labute approximate surface area is 167 Å². The SMILES string of the molecule is COC(=O)c1cc(CNC(=O)C2Cc3c(F)cccc3O2)n2c1CNCC2.Cl. The summed E-state index contributed by atoms with van der Waals surface area (Å²) in [6.07, 6.45) is -0.549. The van der Waals surface area contributed by atoms with Gasteiger partial charge in [0, 0.05) is 43.0 Å². The number of carbonyl (C=O) groups is 2. The quantitative estimate of drug-likeness (QED) is 0.749. The zero-order valence-corrected chi connectivity index (χ0v) is 16.1. The van der Waals surface area contributed by atoms with E-state index in [-0.39, 0.29) is 37.1 Å². The van der Waals surface area contributed by atoms with E-state index in [4.69, 9.17) is 9.47 Å². The lowest BCUT2D eigenvalue weighted by molar-refractivity contribution is -0.127. The van der Waals surface area contributed by atoms with Crippen molar-refractivity contribution in [2.45, 2.75) is 32.2 Å². The molecular weight excluding hydrogens is 389 g/mol. The highest BCUT2D eigenvalue weighted by Crippen LogP contribution is 2.30. The number of hydrogen-bond donors (Lipinski definition) is 2. The lowest BCUT2D eigenvalue weighted by atomic mass is 10.1. The minimum atomic E-state index is -0.755. The second-order valence-electron chi connectivity index (χ2n) is 6.56. The number of carbonyl (C=O) groups excluding carboxylic acids is 2. The molecule has 0 saturated carbocycles. The molecule has 1 aromatic heterocycles. The van der Waals surface area contributed by atoms with E-state index in [1.165, 1.54) is 13.2 Å². The summed E-state index contributed by atoms with van der Waals surface area (Å²) >= 11 is 0. The molecule has 0 radical (unpaired) electrons. The van der Waals surface area contributed by atoms with Crippen LogP contribution in [0.25, 0.3) is 0 Å². The van der Waals surface area contributed by atoms with Gasteiger partial charge in [-0.25, -0.2) is 9.18 Å². The second-order valence-corrected chi connectivity index (χ2v) is 6.56. The fraction of sp³-hybridized carbons (Fsp3) is 0.368. The van der Waals surface area contributed by atoms with Gasteiger partial charge >= 0.3 is 5.97 Å². The number of benzene rings is 1. The molecular formula is C19H21ClFN3O4. The number of nitrogens with zero attached hydrogens (tertiary/aromatic N) is 1. The van der Waals surface area contributed by atoms with Crippen molar-refractivity contribution in [2.24, 2.45) is 0 Å². The second kappa shape index (κ2) is 8.20. The Bertz CT molecular complexity index is 915. The number of esters is 1. The largest absolute Gasteiger partial charge is 0.480 e. The van der Waals surface area contributed by atoms with Crippen LogP contribution in [0.3, 0.4) is 0 Å². The van der Waals surface area contributed by atoms with E-state index in [1.807, 2.05) is 4.57 Å². The number of nitrogens with one attached hydrogen (secondary N) is 2. The molecule has 0 bridgehead atoms. The van der Waals surface area contributed by atoms with Crippen molar-refractivity contribution in [3.8, 4) is 5.75 Å². The Hall–Kier alpha value is -2.58. The molecule has 28 heavy (non-hydrogen) atoms. The van der Waals surface area contributed by atoms with Crippen LogP contribution in [0.4, 0.5) is 4.39 Å².